The van der Waals surface area contributed by atoms with E-state index in [-0.39, 0.29) is 5.41 Å². The highest BCUT2D eigenvalue weighted by atomic mass is 79.9. The number of fused-ring (bicyclic) bond motifs is 1. The van der Waals surface area contributed by atoms with Crippen LogP contribution in [0.1, 0.15) is 18.4 Å². The van der Waals surface area contributed by atoms with Crippen molar-refractivity contribution in [3.05, 3.63) is 58.1 Å². The Bertz CT molecular complexity index is 878. The zero-order valence-corrected chi connectivity index (χ0v) is 15.7. The highest BCUT2D eigenvalue weighted by Crippen LogP contribution is 2.34. The summed E-state index contributed by atoms with van der Waals surface area (Å²) in [6.45, 7) is 2.60. The highest BCUT2D eigenvalue weighted by molar-refractivity contribution is 9.10. The summed E-state index contributed by atoms with van der Waals surface area (Å²) in [6.07, 6.45) is 2.01. The molecule has 1 aromatic heterocycles. The van der Waals surface area contributed by atoms with Crippen LogP contribution in [0.25, 0.3) is 11.0 Å². The van der Waals surface area contributed by atoms with Gasteiger partial charge in [-0.3, -0.25) is 0 Å². The number of aromatic amines is 1. The molecule has 0 amide bonds. The van der Waals surface area contributed by atoms with Crippen LogP contribution in [0.5, 0.6) is 0 Å². The first-order valence-electron chi connectivity index (χ1n) is 8.61. The summed E-state index contributed by atoms with van der Waals surface area (Å²) < 4.78 is 27.8. The molecule has 0 bridgehead atoms. The summed E-state index contributed by atoms with van der Waals surface area (Å²) in [6, 6.07) is 10.7. The monoisotopic (exact) mass is 420 g/mol. The molecule has 1 saturated heterocycles. The molecule has 0 spiro atoms. The molecule has 0 aliphatic carbocycles. The summed E-state index contributed by atoms with van der Waals surface area (Å²) in [7, 11) is 0. The Morgan fingerprint density at radius 3 is 2.50 bits per heavy atom. The van der Waals surface area contributed by atoms with Crippen molar-refractivity contribution in [2.75, 3.05) is 25.0 Å². The van der Waals surface area contributed by atoms with Crippen molar-refractivity contribution in [1.82, 2.24) is 15.3 Å². The second kappa shape index (κ2) is 6.96. The molecule has 4 rings (SSSR count). The highest BCUT2D eigenvalue weighted by Gasteiger charge is 2.34. The molecule has 136 valence electrons. The number of nitrogens with one attached hydrogen (secondary N) is 3. The molecule has 0 radical (unpaired) electrons. The van der Waals surface area contributed by atoms with E-state index in [0.29, 0.717) is 23.5 Å². The van der Waals surface area contributed by atoms with Crippen LogP contribution in [0.2, 0.25) is 0 Å². The lowest BCUT2D eigenvalue weighted by Gasteiger charge is -2.38. The first-order valence-corrected chi connectivity index (χ1v) is 9.40. The molecule has 0 saturated carbocycles. The predicted octanol–water partition coefficient (Wildman–Crippen LogP) is 4.34. The Balaban J connectivity index is 1.59. The third-order valence-corrected chi connectivity index (χ3v) is 5.66. The van der Waals surface area contributed by atoms with E-state index < -0.39 is 11.6 Å². The zero-order chi connectivity index (χ0) is 18.1. The minimum absolute atomic E-state index is 0.0125. The van der Waals surface area contributed by atoms with Crippen LogP contribution in [0.3, 0.4) is 0 Å². The molecule has 1 aliphatic rings. The van der Waals surface area contributed by atoms with Gasteiger partial charge in [-0.25, -0.2) is 13.8 Å². The lowest BCUT2D eigenvalue weighted by molar-refractivity contribution is 0.322. The van der Waals surface area contributed by atoms with Crippen molar-refractivity contribution in [1.29, 1.82) is 0 Å². The molecule has 0 atom stereocenters. The van der Waals surface area contributed by atoms with Gasteiger partial charge in [0.2, 0.25) is 5.95 Å². The van der Waals surface area contributed by atoms with Gasteiger partial charge < -0.3 is 15.6 Å². The molecule has 2 aromatic carbocycles. The van der Waals surface area contributed by atoms with Gasteiger partial charge in [0.1, 0.15) is 0 Å². The maximum absolute atomic E-state index is 13.4. The lowest BCUT2D eigenvalue weighted by atomic mass is 9.73. The number of piperidine rings is 1. The Morgan fingerprint density at radius 2 is 1.77 bits per heavy atom. The second-order valence-corrected chi connectivity index (χ2v) is 7.68. The van der Waals surface area contributed by atoms with Crippen molar-refractivity contribution in [3.63, 3.8) is 0 Å². The van der Waals surface area contributed by atoms with E-state index in [2.05, 4.69) is 60.8 Å². The topological polar surface area (TPSA) is 52.7 Å². The predicted molar refractivity (Wildman–Crippen MR) is 102 cm³/mol. The van der Waals surface area contributed by atoms with E-state index in [9.17, 15) is 8.78 Å². The fourth-order valence-electron chi connectivity index (χ4n) is 3.62. The number of halogens is 3. The van der Waals surface area contributed by atoms with Crippen LogP contribution in [-0.2, 0) is 5.41 Å². The lowest BCUT2D eigenvalue weighted by Crippen LogP contribution is -2.44. The smallest absolute Gasteiger partial charge is 0.201 e. The third-order valence-electron chi connectivity index (χ3n) is 5.14. The summed E-state index contributed by atoms with van der Waals surface area (Å²) >= 11 is 3.49. The largest absolute Gasteiger partial charge is 0.355 e. The van der Waals surface area contributed by atoms with Crippen LogP contribution in [-0.4, -0.2) is 29.6 Å². The molecule has 3 aromatic rings. The maximum Gasteiger partial charge on any atom is 0.201 e. The van der Waals surface area contributed by atoms with E-state index in [1.165, 1.54) is 5.56 Å². The first kappa shape index (κ1) is 17.4. The van der Waals surface area contributed by atoms with E-state index in [1.807, 2.05) is 0 Å². The van der Waals surface area contributed by atoms with E-state index in [1.54, 1.807) is 0 Å². The number of anilines is 1. The molecular formula is C19H19BrF2N4. The third kappa shape index (κ3) is 3.33. The minimum Gasteiger partial charge on any atom is -0.355 e. The van der Waals surface area contributed by atoms with Gasteiger partial charge >= 0.3 is 0 Å². The summed E-state index contributed by atoms with van der Waals surface area (Å²) in [5, 5.41) is 6.75. The van der Waals surface area contributed by atoms with E-state index >= 15 is 0 Å². The fourth-order valence-corrected chi connectivity index (χ4v) is 3.88. The van der Waals surface area contributed by atoms with Crippen LogP contribution in [0.4, 0.5) is 14.7 Å². The molecule has 0 unspecified atom stereocenters. The zero-order valence-electron chi connectivity index (χ0n) is 14.1. The Morgan fingerprint density at radius 1 is 1.08 bits per heavy atom. The van der Waals surface area contributed by atoms with Gasteiger partial charge in [0.15, 0.2) is 11.6 Å². The summed E-state index contributed by atoms with van der Waals surface area (Å²) in [4.78, 5) is 7.37. The number of hydrogen-bond acceptors (Lipinski definition) is 3. The standard InChI is InChI=1S/C19H19BrF2N4/c20-13-3-1-12(2-4-13)19(5-7-23-8-6-19)11-24-18-25-16-9-14(21)15(22)10-17(16)26-18/h1-4,9-10,23H,5-8,11H2,(H2,24,25,26). The molecule has 26 heavy (non-hydrogen) atoms. The van der Waals surface area contributed by atoms with Crippen LogP contribution < -0.4 is 10.6 Å². The fraction of sp³-hybridized carbons (Fsp3) is 0.316. The minimum atomic E-state index is -0.889. The Hall–Kier alpha value is -1.99. The maximum atomic E-state index is 13.4. The number of H-pyrrole nitrogens is 1. The van der Waals surface area contributed by atoms with Gasteiger partial charge in [-0.2, -0.15) is 0 Å². The van der Waals surface area contributed by atoms with Gasteiger partial charge in [0.05, 0.1) is 11.0 Å². The number of aromatic nitrogens is 2. The van der Waals surface area contributed by atoms with E-state index in [4.69, 9.17) is 0 Å². The number of imidazole rings is 1. The van der Waals surface area contributed by atoms with Gasteiger partial charge in [-0.1, -0.05) is 28.1 Å². The van der Waals surface area contributed by atoms with Crippen molar-refractivity contribution < 1.29 is 8.78 Å². The van der Waals surface area contributed by atoms with E-state index in [0.717, 1.165) is 42.5 Å². The van der Waals surface area contributed by atoms with Crippen molar-refractivity contribution in [2.45, 2.75) is 18.3 Å². The van der Waals surface area contributed by atoms with Crippen molar-refractivity contribution in [3.8, 4) is 0 Å². The van der Waals surface area contributed by atoms with Crippen LogP contribution in [0, 0.1) is 11.6 Å². The number of benzene rings is 2. The Labute approximate surface area is 158 Å². The van der Waals surface area contributed by atoms with Gasteiger partial charge in [0, 0.05) is 28.6 Å². The van der Waals surface area contributed by atoms with Crippen molar-refractivity contribution in [2.24, 2.45) is 0 Å². The SMILES string of the molecule is Fc1cc2nc(NCC3(c4ccc(Br)cc4)CCNCC3)[nH]c2cc1F. The molecule has 1 fully saturated rings. The molecular weight excluding hydrogens is 402 g/mol. The summed E-state index contributed by atoms with van der Waals surface area (Å²) in [5.41, 5.74) is 2.16. The van der Waals surface area contributed by atoms with Gasteiger partial charge in [0.25, 0.3) is 0 Å². The van der Waals surface area contributed by atoms with Gasteiger partial charge in [-0.05, 0) is 43.6 Å². The number of rotatable bonds is 4. The average molecular weight is 421 g/mol. The van der Waals surface area contributed by atoms with Crippen LogP contribution >= 0.6 is 15.9 Å². The second-order valence-electron chi connectivity index (χ2n) is 6.76. The molecule has 7 heteroatoms. The Kier molecular flexibility index (Phi) is 4.67. The first-order chi connectivity index (χ1) is 12.6. The van der Waals surface area contributed by atoms with Crippen LogP contribution in [0.15, 0.2) is 40.9 Å². The quantitative estimate of drug-likeness (QED) is 0.588. The number of nitrogens with zero attached hydrogens (tertiary/aromatic N) is 1. The molecule has 4 nitrogen and oxygen atoms in total. The van der Waals surface area contributed by atoms with Crippen molar-refractivity contribution >= 4 is 32.9 Å². The average Bonchev–Trinajstić information content (AvgIpc) is 3.03. The summed E-state index contributed by atoms with van der Waals surface area (Å²) in [5.74, 6) is -1.24. The normalized spacial score (nSPS) is 16.7. The number of hydrogen-bond donors (Lipinski definition) is 3. The molecule has 2 heterocycles. The van der Waals surface area contributed by atoms with Gasteiger partial charge in [-0.15, -0.1) is 0 Å². The molecule has 3 N–H and O–H groups in total. The molecule has 1 aliphatic heterocycles.